The van der Waals surface area contributed by atoms with Crippen LogP contribution >= 0.6 is 0 Å². The van der Waals surface area contributed by atoms with Crippen LogP contribution in [0.3, 0.4) is 0 Å². The molecule has 2 heteroatoms. The van der Waals surface area contributed by atoms with Gasteiger partial charge in [0.25, 0.3) is 0 Å². The lowest BCUT2D eigenvalue weighted by atomic mass is 10.2. The summed E-state index contributed by atoms with van der Waals surface area (Å²) in [5, 5.41) is 0. The van der Waals surface area contributed by atoms with Crippen molar-refractivity contribution in [2.75, 3.05) is 7.11 Å². The molecule has 0 aromatic carbocycles. The molecule has 0 spiro atoms. The maximum absolute atomic E-state index is 4.98. The fraction of sp³-hybridized carbons (Fsp3) is 0.222. The predicted octanol–water partition coefficient (Wildman–Crippen LogP) is 2.04. The highest BCUT2D eigenvalue weighted by atomic mass is 16.5. The van der Waals surface area contributed by atoms with Crippen LogP contribution in [0.15, 0.2) is 18.7 Å². The van der Waals surface area contributed by atoms with E-state index in [1.807, 2.05) is 19.1 Å². The van der Waals surface area contributed by atoms with E-state index < -0.39 is 0 Å². The molecule has 11 heavy (non-hydrogen) atoms. The first kappa shape index (κ1) is 7.79. The van der Waals surface area contributed by atoms with Crippen molar-refractivity contribution in [3.63, 3.8) is 0 Å². The van der Waals surface area contributed by atoms with Crippen LogP contribution in [0.5, 0.6) is 5.88 Å². The molecule has 0 bridgehead atoms. The Kier molecular flexibility index (Phi) is 2.26. The van der Waals surface area contributed by atoms with Crippen LogP contribution in [0, 0.1) is 6.92 Å². The van der Waals surface area contributed by atoms with Crippen molar-refractivity contribution >= 4 is 6.08 Å². The molecule has 1 heterocycles. The second-order valence-electron chi connectivity index (χ2n) is 2.29. The third-order valence-corrected chi connectivity index (χ3v) is 1.40. The largest absolute Gasteiger partial charge is 0.481 e. The summed E-state index contributed by atoms with van der Waals surface area (Å²) in [6.07, 6.45) is 1.78. The summed E-state index contributed by atoms with van der Waals surface area (Å²) in [6, 6.07) is 3.80. The van der Waals surface area contributed by atoms with Gasteiger partial charge in [-0.05, 0) is 18.6 Å². The fourth-order valence-electron chi connectivity index (χ4n) is 0.886. The van der Waals surface area contributed by atoms with Crippen molar-refractivity contribution in [2.45, 2.75) is 6.92 Å². The summed E-state index contributed by atoms with van der Waals surface area (Å²) < 4.78 is 4.98. The highest BCUT2D eigenvalue weighted by Crippen LogP contribution is 2.12. The minimum Gasteiger partial charge on any atom is -0.481 e. The Morgan fingerprint density at radius 2 is 2.27 bits per heavy atom. The van der Waals surface area contributed by atoms with E-state index in [9.17, 15) is 0 Å². The van der Waals surface area contributed by atoms with Gasteiger partial charge in [0.05, 0.1) is 7.11 Å². The summed E-state index contributed by atoms with van der Waals surface area (Å²) in [5.41, 5.74) is 1.98. The van der Waals surface area contributed by atoms with Gasteiger partial charge in [-0.3, -0.25) is 0 Å². The molecule has 0 radical (unpaired) electrons. The smallest absolute Gasteiger partial charge is 0.213 e. The predicted molar refractivity (Wildman–Crippen MR) is 45.6 cm³/mol. The van der Waals surface area contributed by atoms with Crippen molar-refractivity contribution in [3.8, 4) is 5.88 Å². The van der Waals surface area contributed by atoms with Crippen LogP contribution in [0.4, 0.5) is 0 Å². The summed E-state index contributed by atoms with van der Waals surface area (Å²) in [4.78, 5) is 4.13. The number of nitrogens with zero attached hydrogens (tertiary/aromatic N) is 1. The van der Waals surface area contributed by atoms with Crippen molar-refractivity contribution in [2.24, 2.45) is 0 Å². The number of methoxy groups -OCH3 is 1. The Balaban J connectivity index is 3.11. The first-order chi connectivity index (χ1) is 5.26. The molecule has 0 N–H and O–H groups in total. The third-order valence-electron chi connectivity index (χ3n) is 1.40. The number of pyridine rings is 1. The number of hydrogen-bond acceptors (Lipinski definition) is 2. The van der Waals surface area contributed by atoms with E-state index in [0.717, 1.165) is 11.3 Å². The zero-order chi connectivity index (χ0) is 8.27. The maximum atomic E-state index is 4.98. The van der Waals surface area contributed by atoms with Crippen molar-refractivity contribution in [1.82, 2.24) is 4.98 Å². The zero-order valence-corrected chi connectivity index (χ0v) is 6.79. The van der Waals surface area contributed by atoms with Crippen LogP contribution < -0.4 is 4.74 Å². The molecule has 0 saturated carbocycles. The molecule has 1 aromatic rings. The van der Waals surface area contributed by atoms with Crippen LogP contribution in [0.1, 0.15) is 11.3 Å². The molecule has 2 nitrogen and oxygen atoms in total. The minimum atomic E-state index is 0.639. The molecule has 0 unspecified atom stereocenters. The van der Waals surface area contributed by atoms with Crippen molar-refractivity contribution < 1.29 is 4.74 Å². The highest BCUT2D eigenvalue weighted by molar-refractivity contribution is 5.48. The van der Waals surface area contributed by atoms with Gasteiger partial charge in [-0.25, -0.2) is 4.98 Å². The Labute approximate surface area is 66.5 Å². The van der Waals surface area contributed by atoms with Crippen LogP contribution in [0.25, 0.3) is 6.08 Å². The summed E-state index contributed by atoms with van der Waals surface area (Å²) in [7, 11) is 1.61. The van der Waals surface area contributed by atoms with Gasteiger partial charge in [-0.2, -0.15) is 0 Å². The lowest BCUT2D eigenvalue weighted by molar-refractivity contribution is 0.397. The molecule has 0 fully saturated rings. The molecule has 0 amide bonds. The average Bonchev–Trinajstić information content (AvgIpc) is 2.03. The number of hydrogen-bond donors (Lipinski definition) is 0. The molecule has 1 aromatic heterocycles. The van der Waals surface area contributed by atoms with Gasteiger partial charge >= 0.3 is 0 Å². The zero-order valence-electron chi connectivity index (χ0n) is 6.79. The monoisotopic (exact) mass is 149 g/mol. The summed E-state index contributed by atoms with van der Waals surface area (Å²) in [6.45, 7) is 5.59. The molecule has 0 atom stereocenters. The summed E-state index contributed by atoms with van der Waals surface area (Å²) in [5.74, 6) is 0.639. The highest BCUT2D eigenvalue weighted by Gasteiger charge is 1.95. The number of ether oxygens (including phenoxy) is 1. The second kappa shape index (κ2) is 3.19. The Hall–Kier alpha value is -1.31. The molecule has 0 aliphatic carbocycles. The lowest BCUT2D eigenvalue weighted by Gasteiger charge is -2.01. The first-order valence-electron chi connectivity index (χ1n) is 3.41. The van der Waals surface area contributed by atoms with Crippen LogP contribution in [-0.2, 0) is 0 Å². The summed E-state index contributed by atoms with van der Waals surface area (Å²) >= 11 is 0. The standard InChI is InChI=1S/C9H11NO/c1-4-8-5-7(2)10-9(6-8)11-3/h4-6H,1H2,2-3H3. The van der Waals surface area contributed by atoms with Crippen LogP contribution in [0.2, 0.25) is 0 Å². The van der Waals surface area contributed by atoms with E-state index in [-0.39, 0.29) is 0 Å². The quantitative estimate of drug-likeness (QED) is 0.642. The topological polar surface area (TPSA) is 22.1 Å². The molecular weight excluding hydrogens is 138 g/mol. The molecule has 1 rings (SSSR count). The molecule has 58 valence electrons. The Morgan fingerprint density at radius 1 is 1.55 bits per heavy atom. The maximum Gasteiger partial charge on any atom is 0.213 e. The third kappa shape index (κ3) is 1.80. The van der Waals surface area contributed by atoms with Crippen LogP contribution in [-0.4, -0.2) is 12.1 Å². The first-order valence-corrected chi connectivity index (χ1v) is 3.41. The molecule has 0 saturated heterocycles. The normalized spacial score (nSPS) is 9.27. The molecule has 0 aliphatic rings. The van der Waals surface area contributed by atoms with E-state index >= 15 is 0 Å². The number of rotatable bonds is 2. The van der Waals surface area contributed by atoms with Gasteiger partial charge in [0.15, 0.2) is 0 Å². The Morgan fingerprint density at radius 3 is 2.82 bits per heavy atom. The van der Waals surface area contributed by atoms with Gasteiger partial charge in [-0.15, -0.1) is 0 Å². The fourth-order valence-corrected chi connectivity index (χ4v) is 0.886. The number of aryl methyl sites for hydroxylation is 1. The number of aromatic nitrogens is 1. The second-order valence-corrected chi connectivity index (χ2v) is 2.29. The van der Waals surface area contributed by atoms with E-state index in [2.05, 4.69) is 11.6 Å². The van der Waals surface area contributed by atoms with E-state index in [4.69, 9.17) is 4.74 Å². The van der Waals surface area contributed by atoms with Crippen molar-refractivity contribution in [3.05, 3.63) is 30.0 Å². The van der Waals surface area contributed by atoms with Gasteiger partial charge < -0.3 is 4.74 Å². The van der Waals surface area contributed by atoms with E-state index in [1.54, 1.807) is 13.2 Å². The lowest BCUT2D eigenvalue weighted by Crippen LogP contribution is -1.90. The average molecular weight is 149 g/mol. The van der Waals surface area contributed by atoms with Crippen molar-refractivity contribution in [1.29, 1.82) is 0 Å². The van der Waals surface area contributed by atoms with Gasteiger partial charge in [0.2, 0.25) is 5.88 Å². The van der Waals surface area contributed by atoms with Gasteiger partial charge in [-0.1, -0.05) is 12.7 Å². The van der Waals surface area contributed by atoms with E-state index in [1.165, 1.54) is 0 Å². The molecule has 0 aliphatic heterocycles. The minimum absolute atomic E-state index is 0.639. The Bertz CT molecular complexity index is 268. The van der Waals surface area contributed by atoms with Gasteiger partial charge in [0, 0.05) is 11.8 Å². The molecular formula is C9H11NO. The van der Waals surface area contributed by atoms with Gasteiger partial charge in [0.1, 0.15) is 0 Å². The van der Waals surface area contributed by atoms with E-state index in [0.29, 0.717) is 5.88 Å². The SMILES string of the molecule is C=Cc1cc(C)nc(OC)c1.